The van der Waals surface area contributed by atoms with Crippen molar-refractivity contribution in [3.05, 3.63) is 0 Å². The molecule has 1 heteroatoms. The first-order valence-corrected chi connectivity index (χ1v) is 5.52. The second-order valence-corrected chi connectivity index (χ2v) is 4.40. The summed E-state index contributed by atoms with van der Waals surface area (Å²) in [7, 11) is 0. The summed E-state index contributed by atoms with van der Waals surface area (Å²) in [4.78, 5) is 0. The average Bonchev–Trinajstić information content (AvgIpc) is 2.99. The molecular formula is C12H19N. The van der Waals surface area contributed by atoms with Gasteiger partial charge in [0.05, 0.1) is 6.54 Å². The highest BCUT2D eigenvalue weighted by Gasteiger charge is 2.40. The summed E-state index contributed by atoms with van der Waals surface area (Å²) in [5.74, 6) is 9.09. The highest BCUT2D eigenvalue weighted by molar-refractivity contribution is 4.98. The molecule has 2 aliphatic rings. The van der Waals surface area contributed by atoms with E-state index in [0.29, 0.717) is 0 Å². The van der Waals surface area contributed by atoms with Crippen molar-refractivity contribution >= 4 is 0 Å². The molecule has 2 rings (SSSR count). The van der Waals surface area contributed by atoms with Gasteiger partial charge in [-0.3, -0.25) is 0 Å². The van der Waals surface area contributed by atoms with Crippen molar-refractivity contribution in [3.8, 4) is 11.8 Å². The second kappa shape index (κ2) is 4.15. The zero-order valence-corrected chi connectivity index (χ0v) is 8.47. The summed E-state index contributed by atoms with van der Waals surface area (Å²) < 4.78 is 0. The summed E-state index contributed by atoms with van der Waals surface area (Å²) in [5.41, 5.74) is 0. The quantitative estimate of drug-likeness (QED) is 0.500. The molecule has 0 aromatic heterocycles. The van der Waals surface area contributed by atoms with Crippen molar-refractivity contribution in [1.82, 2.24) is 5.32 Å². The molecule has 0 aromatic rings. The Morgan fingerprint density at radius 1 is 1.23 bits per heavy atom. The van der Waals surface area contributed by atoms with Crippen molar-refractivity contribution in [2.45, 2.75) is 32.6 Å². The maximum Gasteiger partial charge on any atom is 0.0576 e. The summed E-state index contributed by atoms with van der Waals surface area (Å²) in [6.45, 7) is 4.00. The number of nitrogens with one attached hydrogen (secondary N) is 1. The van der Waals surface area contributed by atoms with Gasteiger partial charge in [-0.15, -0.1) is 5.92 Å². The maximum absolute atomic E-state index is 3.46. The molecule has 0 radical (unpaired) electrons. The molecule has 0 unspecified atom stereocenters. The van der Waals surface area contributed by atoms with Crippen molar-refractivity contribution in [1.29, 1.82) is 0 Å². The highest BCUT2D eigenvalue weighted by Crippen LogP contribution is 2.48. The van der Waals surface area contributed by atoms with Crippen molar-refractivity contribution in [2.75, 3.05) is 13.1 Å². The fraction of sp³-hybridized carbons (Fsp3) is 0.833. The first kappa shape index (κ1) is 9.09. The Hall–Kier alpha value is -0.480. The molecule has 0 spiro atoms. The van der Waals surface area contributed by atoms with Gasteiger partial charge in [-0.1, -0.05) is 5.92 Å². The Morgan fingerprint density at radius 2 is 1.85 bits per heavy atom. The second-order valence-electron chi connectivity index (χ2n) is 4.40. The van der Waals surface area contributed by atoms with Crippen LogP contribution >= 0.6 is 0 Å². The zero-order valence-electron chi connectivity index (χ0n) is 8.47. The van der Waals surface area contributed by atoms with Crippen LogP contribution in [0.25, 0.3) is 0 Å². The molecule has 1 nitrogen and oxygen atoms in total. The Morgan fingerprint density at radius 3 is 2.31 bits per heavy atom. The smallest absolute Gasteiger partial charge is 0.0576 e. The van der Waals surface area contributed by atoms with Crippen LogP contribution in [0.5, 0.6) is 0 Å². The fourth-order valence-corrected chi connectivity index (χ4v) is 2.16. The van der Waals surface area contributed by atoms with E-state index in [4.69, 9.17) is 0 Å². The number of hydrogen-bond donors (Lipinski definition) is 1. The van der Waals surface area contributed by atoms with Gasteiger partial charge in [-0.05, 0) is 56.9 Å². The Labute approximate surface area is 81.3 Å². The minimum Gasteiger partial charge on any atom is -0.306 e. The predicted octanol–water partition coefficient (Wildman–Crippen LogP) is 2.04. The molecular weight excluding hydrogens is 158 g/mol. The molecule has 2 aliphatic carbocycles. The van der Waals surface area contributed by atoms with Gasteiger partial charge in [0.2, 0.25) is 0 Å². The van der Waals surface area contributed by atoms with E-state index < -0.39 is 0 Å². The lowest BCUT2D eigenvalue weighted by molar-refractivity contribution is 0.387. The first-order valence-electron chi connectivity index (χ1n) is 5.52. The lowest BCUT2D eigenvalue weighted by atomic mass is 9.98. The van der Waals surface area contributed by atoms with E-state index in [1.807, 2.05) is 6.92 Å². The third-order valence-electron chi connectivity index (χ3n) is 3.23. The van der Waals surface area contributed by atoms with Gasteiger partial charge >= 0.3 is 0 Å². The molecule has 2 saturated carbocycles. The lowest BCUT2D eigenvalue weighted by Gasteiger charge is -2.14. The van der Waals surface area contributed by atoms with Crippen LogP contribution in [0.4, 0.5) is 0 Å². The molecule has 0 bridgehead atoms. The third kappa shape index (κ3) is 2.74. The van der Waals surface area contributed by atoms with Crippen LogP contribution in [-0.2, 0) is 0 Å². The van der Waals surface area contributed by atoms with E-state index in [1.165, 1.54) is 32.2 Å². The van der Waals surface area contributed by atoms with Crippen LogP contribution in [-0.4, -0.2) is 13.1 Å². The van der Waals surface area contributed by atoms with Crippen LogP contribution in [0.3, 0.4) is 0 Å². The van der Waals surface area contributed by atoms with Gasteiger partial charge in [-0.2, -0.15) is 0 Å². The molecule has 1 N–H and O–H groups in total. The van der Waals surface area contributed by atoms with E-state index in [0.717, 1.165) is 24.3 Å². The maximum atomic E-state index is 3.46. The van der Waals surface area contributed by atoms with E-state index in [9.17, 15) is 0 Å². The largest absolute Gasteiger partial charge is 0.306 e. The summed E-state index contributed by atoms with van der Waals surface area (Å²) >= 11 is 0. The standard InChI is InChI=1S/C12H19N/c1-2-3-8-13-9-12(10-4-5-10)11-6-7-11/h10-13H,4-9H2,1H3. The molecule has 0 amide bonds. The van der Waals surface area contributed by atoms with Gasteiger partial charge in [0, 0.05) is 0 Å². The van der Waals surface area contributed by atoms with Crippen molar-refractivity contribution in [3.63, 3.8) is 0 Å². The first-order chi connectivity index (χ1) is 6.42. The summed E-state index contributed by atoms with van der Waals surface area (Å²) in [6.07, 6.45) is 5.95. The molecule has 0 heterocycles. The minimum absolute atomic E-state index is 0.881. The van der Waals surface area contributed by atoms with Gasteiger partial charge in [-0.25, -0.2) is 0 Å². The van der Waals surface area contributed by atoms with Gasteiger partial charge in [0.25, 0.3) is 0 Å². The average molecular weight is 177 g/mol. The Balaban J connectivity index is 1.66. The zero-order chi connectivity index (χ0) is 9.10. The van der Waals surface area contributed by atoms with Crippen LogP contribution < -0.4 is 5.32 Å². The van der Waals surface area contributed by atoms with Crippen LogP contribution in [0.1, 0.15) is 32.6 Å². The van der Waals surface area contributed by atoms with Crippen LogP contribution in [0.2, 0.25) is 0 Å². The topological polar surface area (TPSA) is 12.0 Å². The van der Waals surface area contributed by atoms with E-state index in [1.54, 1.807) is 0 Å². The lowest BCUT2D eigenvalue weighted by Crippen LogP contribution is -2.25. The van der Waals surface area contributed by atoms with Gasteiger partial charge in [0.15, 0.2) is 0 Å². The van der Waals surface area contributed by atoms with E-state index in [2.05, 4.69) is 17.2 Å². The summed E-state index contributed by atoms with van der Waals surface area (Å²) in [6, 6.07) is 0. The third-order valence-corrected chi connectivity index (χ3v) is 3.23. The Bertz CT molecular complexity index is 203. The van der Waals surface area contributed by atoms with Gasteiger partial charge in [0.1, 0.15) is 0 Å². The SMILES string of the molecule is CC#CCNCC(C1CC1)C1CC1. The molecule has 0 aliphatic heterocycles. The molecule has 0 saturated heterocycles. The van der Waals surface area contributed by atoms with Crippen molar-refractivity contribution < 1.29 is 0 Å². The van der Waals surface area contributed by atoms with Gasteiger partial charge < -0.3 is 5.32 Å². The van der Waals surface area contributed by atoms with E-state index >= 15 is 0 Å². The fourth-order valence-electron chi connectivity index (χ4n) is 2.16. The Kier molecular flexibility index (Phi) is 2.90. The normalized spacial score (nSPS) is 21.4. The molecule has 0 aromatic carbocycles. The molecule has 72 valence electrons. The summed E-state index contributed by atoms with van der Waals surface area (Å²) in [5, 5.41) is 3.46. The van der Waals surface area contributed by atoms with Crippen LogP contribution in [0, 0.1) is 29.6 Å². The van der Waals surface area contributed by atoms with Crippen LogP contribution in [0.15, 0.2) is 0 Å². The highest BCUT2D eigenvalue weighted by atomic mass is 14.9. The van der Waals surface area contributed by atoms with Crippen molar-refractivity contribution in [2.24, 2.45) is 17.8 Å². The molecule has 2 fully saturated rings. The monoisotopic (exact) mass is 177 g/mol. The molecule has 0 atom stereocenters. The molecule has 13 heavy (non-hydrogen) atoms. The number of rotatable bonds is 5. The minimum atomic E-state index is 0.881. The van der Waals surface area contributed by atoms with E-state index in [-0.39, 0.29) is 0 Å². The number of hydrogen-bond acceptors (Lipinski definition) is 1. The predicted molar refractivity (Wildman–Crippen MR) is 55.3 cm³/mol.